The van der Waals surface area contributed by atoms with E-state index in [1.807, 2.05) is 6.92 Å². The zero-order valence-corrected chi connectivity index (χ0v) is 13.4. The van der Waals surface area contributed by atoms with E-state index in [2.05, 4.69) is 5.32 Å². The molecule has 1 amide bonds. The lowest BCUT2D eigenvalue weighted by atomic mass is 10.1. The highest BCUT2D eigenvalue weighted by Crippen LogP contribution is 2.18. The van der Waals surface area contributed by atoms with Gasteiger partial charge in [0.15, 0.2) is 6.61 Å². The molecule has 1 aromatic carbocycles. The van der Waals surface area contributed by atoms with Crippen LogP contribution in [0.3, 0.4) is 0 Å². The Kier molecular flexibility index (Phi) is 5.44. The summed E-state index contributed by atoms with van der Waals surface area (Å²) in [7, 11) is 0. The standard InChI is InChI=1S/C16H15F2NO3S/c1-9-3-6-14(23-9)16(21)22-8-15(20)19-10(2)12-5-4-11(17)7-13(12)18/h3-7,10H,8H2,1-2H3,(H,19,20)/t10-/m0/s1. The normalized spacial score (nSPS) is 11.8. The molecule has 1 heterocycles. The van der Waals surface area contributed by atoms with Crippen molar-refractivity contribution in [2.75, 3.05) is 6.61 Å². The quantitative estimate of drug-likeness (QED) is 0.850. The summed E-state index contributed by atoms with van der Waals surface area (Å²) in [5.41, 5.74) is 0.153. The van der Waals surface area contributed by atoms with E-state index in [4.69, 9.17) is 4.74 Å². The molecule has 7 heteroatoms. The molecule has 0 fully saturated rings. The second-order valence-corrected chi connectivity index (χ2v) is 6.23. The third kappa shape index (κ3) is 4.59. The van der Waals surface area contributed by atoms with Crippen molar-refractivity contribution in [2.45, 2.75) is 19.9 Å². The molecular weight excluding hydrogens is 324 g/mol. The van der Waals surface area contributed by atoms with Gasteiger partial charge < -0.3 is 10.1 Å². The minimum Gasteiger partial charge on any atom is -0.451 e. The van der Waals surface area contributed by atoms with Crippen LogP contribution in [0.15, 0.2) is 30.3 Å². The summed E-state index contributed by atoms with van der Waals surface area (Å²) in [5.74, 6) is -2.59. The van der Waals surface area contributed by atoms with E-state index >= 15 is 0 Å². The van der Waals surface area contributed by atoms with Crippen LogP contribution in [0.1, 0.15) is 33.1 Å². The monoisotopic (exact) mass is 339 g/mol. The number of thiophene rings is 1. The van der Waals surface area contributed by atoms with Gasteiger partial charge in [-0.2, -0.15) is 0 Å². The van der Waals surface area contributed by atoms with Crippen molar-refractivity contribution in [1.82, 2.24) is 5.32 Å². The number of nitrogens with one attached hydrogen (secondary N) is 1. The van der Waals surface area contributed by atoms with Crippen molar-refractivity contribution < 1.29 is 23.1 Å². The van der Waals surface area contributed by atoms with Gasteiger partial charge in [-0.1, -0.05) is 6.07 Å². The van der Waals surface area contributed by atoms with Crippen molar-refractivity contribution in [3.8, 4) is 0 Å². The molecule has 0 spiro atoms. The molecule has 0 aliphatic heterocycles. The van der Waals surface area contributed by atoms with Crippen LogP contribution in [-0.4, -0.2) is 18.5 Å². The van der Waals surface area contributed by atoms with Gasteiger partial charge in [0.2, 0.25) is 0 Å². The summed E-state index contributed by atoms with van der Waals surface area (Å²) in [5, 5.41) is 2.49. The summed E-state index contributed by atoms with van der Waals surface area (Å²) in [6.45, 7) is 2.94. The lowest BCUT2D eigenvalue weighted by Gasteiger charge is -2.15. The highest BCUT2D eigenvalue weighted by Gasteiger charge is 2.16. The van der Waals surface area contributed by atoms with Gasteiger partial charge in [0, 0.05) is 16.5 Å². The largest absolute Gasteiger partial charge is 0.451 e. The van der Waals surface area contributed by atoms with E-state index in [-0.39, 0.29) is 5.56 Å². The lowest BCUT2D eigenvalue weighted by molar-refractivity contribution is -0.124. The van der Waals surface area contributed by atoms with Crippen LogP contribution in [0, 0.1) is 18.6 Å². The summed E-state index contributed by atoms with van der Waals surface area (Å²) in [6, 6.07) is 5.84. The number of benzene rings is 1. The molecule has 2 aromatic rings. The predicted octanol–water partition coefficient (Wildman–Crippen LogP) is 3.37. The summed E-state index contributed by atoms with van der Waals surface area (Å²) >= 11 is 1.27. The van der Waals surface area contributed by atoms with Crippen LogP contribution in [0.5, 0.6) is 0 Å². The Balaban J connectivity index is 1.88. The van der Waals surface area contributed by atoms with Crippen molar-refractivity contribution >= 4 is 23.2 Å². The number of halogens is 2. The number of amides is 1. The van der Waals surface area contributed by atoms with Crippen LogP contribution in [0.25, 0.3) is 0 Å². The van der Waals surface area contributed by atoms with Crippen LogP contribution in [0.4, 0.5) is 8.78 Å². The maximum absolute atomic E-state index is 13.6. The molecule has 0 saturated heterocycles. The summed E-state index contributed by atoms with van der Waals surface area (Å²) < 4.78 is 31.4. The number of aryl methyl sites for hydroxylation is 1. The molecule has 0 radical (unpaired) electrons. The molecule has 0 aliphatic carbocycles. The predicted molar refractivity (Wildman–Crippen MR) is 82.3 cm³/mol. The SMILES string of the molecule is Cc1ccc(C(=O)OCC(=O)N[C@@H](C)c2ccc(F)cc2F)s1. The number of carbonyl (C=O) groups excluding carboxylic acids is 2. The first-order valence-corrected chi connectivity index (χ1v) is 7.66. The van der Waals surface area contributed by atoms with E-state index in [1.54, 1.807) is 19.1 Å². The highest BCUT2D eigenvalue weighted by atomic mass is 32.1. The first-order valence-electron chi connectivity index (χ1n) is 6.84. The van der Waals surface area contributed by atoms with Crippen molar-refractivity contribution in [2.24, 2.45) is 0 Å². The fourth-order valence-corrected chi connectivity index (χ4v) is 2.72. The molecule has 0 aliphatic rings. The third-order valence-corrected chi connectivity index (χ3v) is 4.06. The second kappa shape index (κ2) is 7.32. The molecule has 1 atom stereocenters. The van der Waals surface area contributed by atoms with Crippen molar-refractivity contribution in [3.05, 3.63) is 57.3 Å². The first-order chi connectivity index (χ1) is 10.9. The number of rotatable bonds is 5. The topological polar surface area (TPSA) is 55.4 Å². The molecule has 0 unspecified atom stereocenters. The maximum atomic E-state index is 13.6. The zero-order valence-electron chi connectivity index (χ0n) is 12.6. The number of carbonyl (C=O) groups is 2. The molecule has 0 bridgehead atoms. The van der Waals surface area contributed by atoms with Gasteiger partial charge in [0.1, 0.15) is 16.5 Å². The summed E-state index contributed by atoms with van der Waals surface area (Å²) in [4.78, 5) is 24.9. The number of hydrogen-bond donors (Lipinski definition) is 1. The van der Waals surface area contributed by atoms with Crippen LogP contribution in [-0.2, 0) is 9.53 Å². The average Bonchev–Trinajstić information content (AvgIpc) is 2.91. The molecule has 1 aromatic heterocycles. The van der Waals surface area contributed by atoms with Crippen LogP contribution >= 0.6 is 11.3 Å². The lowest BCUT2D eigenvalue weighted by Crippen LogP contribution is -2.31. The smallest absolute Gasteiger partial charge is 0.348 e. The van der Waals surface area contributed by atoms with Crippen LogP contribution < -0.4 is 5.32 Å². The fraction of sp³-hybridized carbons (Fsp3) is 0.250. The fourth-order valence-electron chi connectivity index (χ4n) is 1.96. The molecule has 122 valence electrons. The van der Waals surface area contributed by atoms with Gasteiger partial charge in [-0.05, 0) is 32.0 Å². The third-order valence-electron chi connectivity index (χ3n) is 3.08. The average molecular weight is 339 g/mol. The van der Waals surface area contributed by atoms with E-state index in [9.17, 15) is 18.4 Å². The first kappa shape index (κ1) is 17.1. The number of esters is 1. The minimum atomic E-state index is -0.746. The van der Waals surface area contributed by atoms with E-state index < -0.39 is 36.2 Å². The van der Waals surface area contributed by atoms with E-state index in [0.29, 0.717) is 4.88 Å². The Morgan fingerprint density at radius 3 is 2.61 bits per heavy atom. The minimum absolute atomic E-state index is 0.153. The molecule has 1 N–H and O–H groups in total. The van der Waals surface area contributed by atoms with E-state index in [1.165, 1.54) is 17.4 Å². The molecule has 2 rings (SSSR count). The molecular formula is C16H15F2NO3S. The Labute approximate surface area is 136 Å². The highest BCUT2D eigenvalue weighted by molar-refractivity contribution is 7.13. The van der Waals surface area contributed by atoms with Gasteiger partial charge in [-0.3, -0.25) is 4.79 Å². The number of hydrogen-bond acceptors (Lipinski definition) is 4. The van der Waals surface area contributed by atoms with Gasteiger partial charge in [-0.25, -0.2) is 13.6 Å². The van der Waals surface area contributed by atoms with Crippen LogP contribution in [0.2, 0.25) is 0 Å². The van der Waals surface area contributed by atoms with E-state index in [0.717, 1.165) is 17.0 Å². The Bertz CT molecular complexity index is 730. The van der Waals surface area contributed by atoms with Crippen molar-refractivity contribution in [1.29, 1.82) is 0 Å². The Hall–Kier alpha value is -2.28. The molecule has 23 heavy (non-hydrogen) atoms. The zero-order chi connectivity index (χ0) is 17.0. The van der Waals surface area contributed by atoms with Gasteiger partial charge in [-0.15, -0.1) is 11.3 Å². The van der Waals surface area contributed by atoms with Crippen molar-refractivity contribution in [3.63, 3.8) is 0 Å². The van der Waals surface area contributed by atoms with Gasteiger partial charge in [0.25, 0.3) is 5.91 Å². The number of ether oxygens (including phenoxy) is 1. The Morgan fingerprint density at radius 1 is 1.26 bits per heavy atom. The Morgan fingerprint density at radius 2 is 2.00 bits per heavy atom. The van der Waals surface area contributed by atoms with Gasteiger partial charge in [0.05, 0.1) is 6.04 Å². The molecule has 0 saturated carbocycles. The molecule has 4 nitrogen and oxygen atoms in total. The van der Waals surface area contributed by atoms with Gasteiger partial charge >= 0.3 is 5.97 Å². The summed E-state index contributed by atoms with van der Waals surface area (Å²) in [6.07, 6.45) is 0. The second-order valence-electron chi connectivity index (χ2n) is 4.94. The maximum Gasteiger partial charge on any atom is 0.348 e.